The number of imide groups is 1. The average Bonchev–Trinajstić information content (AvgIpc) is 2.48. The second-order valence-corrected chi connectivity index (χ2v) is 4.67. The third kappa shape index (κ3) is 2.15. The fourth-order valence-corrected chi connectivity index (χ4v) is 1.91. The van der Waals surface area contributed by atoms with Crippen LogP contribution in [-0.2, 0) is 16.1 Å². The van der Waals surface area contributed by atoms with Crippen LogP contribution in [0.5, 0.6) is 0 Å². The Hall–Kier alpha value is -1.20. The van der Waals surface area contributed by atoms with Gasteiger partial charge in [0.05, 0.1) is 19.0 Å². The number of carbonyl (C=O) groups is 2. The van der Waals surface area contributed by atoms with Crippen molar-refractivity contribution in [3.05, 3.63) is 34.3 Å². The highest BCUT2D eigenvalue weighted by atomic mass is 79.9. The molecule has 1 unspecified atom stereocenters. The quantitative estimate of drug-likeness (QED) is 0.825. The average molecular weight is 283 g/mol. The van der Waals surface area contributed by atoms with Gasteiger partial charge in [-0.3, -0.25) is 14.5 Å². The van der Waals surface area contributed by atoms with Crippen molar-refractivity contribution in [2.45, 2.75) is 19.0 Å². The monoisotopic (exact) mass is 282 g/mol. The number of halogens is 1. The van der Waals surface area contributed by atoms with Gasteiger partial charge in [0.2, 0.25) is 11.8 Å². The second kappa shape index (κ2) is 4.35. The van der Waals surface area contributed by atoms with Crippen LogP contribution in [0, 0.1) is 0 Å². The molecular weight excluding hydrogens is 272 g/mol. The number of nitrogens with two attached hydrogens (primary N) is 1. The first kappa shape index (κ1) is 11.3. The highest BCUT2D eigenvalue weighted by molar-refractivity contribution is 9.10. The van der Waals surface area contributed by atoms with Crippen LogP contribution >= 0.6 is 15.9 Å². The van der Waals surface area contributed by atoms with Crippen LogP contribution in [0.2, 0.25) is 0 Å². The minimum atomic E-state index is -0.664. The van der Waals surface area contributed by atoms with E-state index in [4.69, 9.17) is 5.73 Å². The maximum absolute atomic E-state index is 11.6. The molecule has 1 aliphatic heterocycles. The molecule has 2 N–H and O–H groups in total. The minimum absolute atomic E-state index is 0.120. The Labute approximate surface area is 102 Å². The van der Waals surface area contributed by atoms with Crippen molar-refractivity contribution in [1.82, 2.24) is 4.90 Å². The normalized spacial score (nSPS) is 20.6. The summed E-state index contributed by atoms with van der Waals surface area (Å²) in [5.41, 5.74) is 6.43. The molecule has 0 spiro atoms. The number of benzene rings is 1. The molecule has 0 bridgehead atoms. The van der Waals surface area contributed by atoms with E-state index in [0.29, 0.717) is 6.54 Å². The largest absolute Gasteiger partial charge is 0.319 e. The topological polar surface area (TPSA) is 63.4 Å². The lowest BCUT2D eigenvalue weighted by atomic mass is 10.2. The molecule has 1 aliphatic rings. The first-order valence-electron chi connectivity index (χ1n) is 4.92. The van der Waals surface area contributed by atoms with Crippen LogP contribution in [0.1, 0.15) is 12.0 Å². The molecule has 4 nitrogen and oxygen atoms in total. The molecule has 1 saturated heterocycles. The minimum Gasteiger partial charge on any atom is -0.319 e. The lowest BCUT2D eigenvalue weighted by molar-refractivity contribution is -0.139. The molecule has 1 aromatic carbocycles. The summed E-state index contributed by atoms with van der Waals surface area (Å²) >= 11 is 3.32. The SMILES string of the molecule is NC1CC(=O)N(Cc2ccc(Br)cc2)C1=O. The third-order valence-corrected chi connectivity index (χ3v) is 3.06. The Morgan fingerprint density at radius 1 is 1.31 bits per heavy atom. The molecule has 16 heavy (non-hydrogen) atoms. The first-order chi connectivity index (χ1) is 7.58. The van der Waals surface area contributed by atoms with Gasteiger partial charge in [-0.05, 0) is 17.7 Å². The summed E-state index contributed by atoms with van der Waals surface area (Å²) in [5, 5.41) is 0. The van der Waals surface area contributed by atoms with Crippen molar-refractivity contribution < 1.29 is 9.59 Å². The summed E-state index contributed by atoms with van der Waals surface area (Å²) in [5.74, 6) is -0.478. The van der Waals surface area contributed by atoms with Gasteiger partial charge < -0.3 is 5.73 Å². The lowest BCUT2D eigenvalue weighted by Crippen LogP contribution is -2.34. The summed E-state index contributed by atoms with van der Waals surface area (Å²) < 4.78 is 0.965. The number of rotatable bonds is 2. The van der Waals surface area contributed by atoms with E-state index in [1.165, 1.54) is 4.90 Å². The number of amides is 2. The molecule has 84 valence electrons. The predicted octanol–water partition coefficient (Wildman–Crippen LogP) is 1.04. The first-order valence-corrected chi connectivity index (χ1v) is 5.71. The summed E-state index contributed by atoms with van der Waals surface area (Å²) in [6.45, 7) is 0.304. The van der Waals surface area contributed by atoms with Crippen LogP contribution in [-0.4, -0.2) is 22.8 Å². The van der Waals surface area contributed by atoms with E-state index in [-0.39, 0.29) is 18.2 Å². The highest BCUT2D eigenvalue weighted by Crippen LogP contribution is 2.17. The summed E-state index contributed by atoms with van der Waals surface area (Å²) in [4.78, 5) is 24.3. The van der Waals surface area contributed by atoms with E-state index in [0.717, 1.165) is 10.0 Å². The summed E-state index contributed by atoms with van der Waals surface area (Å²) in [6.07, 6.45) is 0.120. The van der Waals surface area contributed by atoms with Crippen LogP contribution in [0.15, 0.2) is 28.7 Å². The zero-order valence-electron chi connectivity index (χ0n) is 8.52. The van der Waals surface area contributed by atoms with Crippen molar-refractivity contribution in [2.75, 3.05) is 0 Å². The van der Waals surface area contributed by atoms with Gasteiger partial charge in [-0.25, -0.2) is 0 Å². The molecule has 2 rings (SSSR count). The maximum atomic E-state index is 11.6. The van der Waals surface area contributed by atoms with Gasteiger partial charge in [0.1, 0.15) is 0 Å². The van der Waals surface area contributed by atoms with Gasteiger partial charge in [0, 0.05) is 4.47 Å². The molecule has 5 heteroatoms. The molecule has 0 radical (unpaired) electrons. The number of likely N-dealkylation sites (tertiary alicyclic amines) is 1. The lowest BCUT2D eigenvalue weighted by Gasteiger charge is -2.14. The fourth-order valence-electron chi connectivity index (χ4n) is 1.65. The van der Waals surface area contributed by atoms with Crippen molar-refractivity contribution in [2.24, 2.45) is 5.73 Å². The van der Waals surface area contributed by atoms with Gasteiger partial charge in [-0.1, -0.05) is 28.1 Å². The second-order valence-electron chi connectivity index (χ2n) is 3.76. The van der Waals surface area contributed by atoms with Crippen molar-refractivity contribution in [3.8, 4) is 0 Å². The van der Waals surface area contributed by atoms with E-state index < -0.39 is 6.04 Å². The predicted molar refractivity (Wildman–Crippen MR) is 62.3 cm³/mol. The Balaban J connectivity index is 2.13. The van der Waals surface area contributed by atoms with Crippen molar-refractivity contribution >= 4 is 27.7 Å². The molecule has 0 aliphatic carbocycles. The van der Waals surface area contributed by atoms with Gasteiger partial charge in [-0.2, -0.15) is 0 Å². The third-order valence-electron chi connectivity index (χ3n) is 2.53. The Morgan fingerprint density at radius 2 is 1.94 bits per heavy atom. The standard InChI is InChI=1S/C11H11BrN2O2/c12-8-3-1-7(2-4-8)6-14-10(15)5-9(13)11(14)16/h1-4,9H,5-6,13H2. The number of carbonyl (C=O) groups excluding carboxylic acids is 2. The molecule has 2 amide bonds. The Morgan fingerprint density at radius 3 is 2.44 bits per heavy atom. The molecule has 1 heterocycles. The fraction of sp³-hybridized carbons (Fsp3) is 0.273. The number of nitrogens with zero attached hydrogens (tertiary/aromatic N) is 1. The molecule has 0 saturated carbocycles. The molecule has 1 atom stereocenters. The highest BCUT2D eigenvalue weighted by Gasteiger charge is 2.35. The maximum Gasteiger partial charge on any atom is 0.246 e. The zero-order chi connectivity index (χ0) is 11.7. The van der Waals surface area contributed by atoms with E-state index in [9.17, 15) is 9.59 Å². The van der Waals surface area contributed by atoms with Crippen LogP contribution in [0.4, 0.5) is 0 Å². The van der Waals surface area contributed by atoms with Crippen LogP contribution in [0.3, 0.4) is 0 Å². The number of hydrogen-bond donors (Lipinski definition) is 1. The van der Waals surface area contributed by atoms with Crippen LogP contribution < -0.4 is 5.73 Å². The molecule has 0 aromatic heterocycles. The molecule has 1 aromatic rings. The molecule has 1 fully saturated rings. The Kier molecular flexibility index (Phi) is 3.07. The van der Waals surface area contributed by atoms with Gasteiger partial charge in [-0.15, -0.1) is 0 Å². The van der Waals surface area contributed by atoms with Crippen LogP contribution in [0.25, 0.3) is 0 Å². The van der Waals surface area contributed by atoms with Gasteiger partial charge in [0.15, 0.2) is 0 Å². The summed E-state index contributed by atoms with van der Waals surface area (Å²) in [7, 11) is 0. The van der Waals surface area contributed by atoms with E-state index in [1.807, 2.05) is 24.3 Å². The number of hydrogen-bond acceptors (Lipinski definition) is 3. The summed E-state index contributed by atoms with van der Waals surface area (Å²) in [6, 6.07) is 6.83. The van der Waals surface area contributed by atoms with E-state index in [1.54, 1.807) is 0 Å². The van der Waals surface area contributed by atoms with E-state index >= 15 is 0 Å². The Bertz CT molecular complexity index is 430. The van der Waals surface area contributed by atoms with Gasteiger partial charge >= 0.3 is 0 Å². The van der Waals surface area contributed by atoms with Crippen molar-refractivity contribution in [3.63, 3.8) is 0 Å². The smallest absolute Gasteiger partial charge is 0.246 e. The van der Waals surface area contributed by atoms with E-state index in [2.05, 4.69) is 15.9 Å². The molecular formula is C11H11BrN2O2. The zero-order valence-corrected chi connectivity index (χ0v) is 10.1. The van der Waals surface area contributed by atoms with Gasteiger partial charge in [0.25, 0.3) is 0 Å². The van der Waals surface area contributed by atoms with Crippen molar-refractivity contribution in [1.29, 1.82) is 0 Å².